The van der Waals surface area contributed by atoms with Gasteiger partial charge in [-0.3, -0.25) is 9.59 Å². The maximum Gasteiger partial charge on any atom is 0.326 e. The van der Waals surface area contributed by atoms with Crippen molar-refractivity contribution in [2.45, 2.75) is 66.0 Å². The lowest BCUT2D eigenvalue weighted by Gasteiger charge is -2.23. The third-order valence-electron chi connectivity index (χ3n) is 2.88. The lowest BCUT2D eigenvalue weighted by Crippen LogP contribution is -2.52. The van der Waals surface area contributed by atoms with Gasteiger partial charge in [0.2, 0.25) is 11.8 Å². The van der Waals surface area contributed by atoms with Gasteiger partial charge in [-0.05, 0) is 13.3 Å². The summed E-state index contributed by atoms with van der Waals surface area (Å²) in [5, 5.41) is 14.1. The van der Waals surface area contributed by atoms with Crippen molar-refractivity contribution >= 4 is 17.8 Å². The van der Waals surface area contributed by atoms with E-state index in [4.69, 9.17) is 5.11 Å². The van der Waals surface area contributed by atoms with Gasteiger partial charge in [0, 0.05) is 5.41 Å². The molecule has 6 nitrogen and oxygen atoms in total. The van der Waals surface area contributed by atoms with E-state index in [2.05, 4.69) is 10.6 Å². The van der Waals surface area contributed by atoms with Gasteiger partial charge in [-0.2, -0.15) is 0 Å². The van der Waals surface area contributed by atoms with E-state index in [1.54, 1.807) is 20.8 Å². The Kier molecular flexibility index (Phi) is 7.24. The average molecular weight is 286 g/mol. The van der Waals surface area contributed by atoms with Crippen molar-refractivity contribution in [1.82, 2.24) is 10.6 Å². The maximum absolute atomic E-state index is 11.9. The summed E-state index contributed by atoms with van der Waals surface area (Å²) >= 11 is 0. The number of hydrogen-bond acceptors (Lipinski definition) is 3. The summed E-state index contributed by atoms with van der Waals surface area (Å²) in [6, 6.07) is -1.67. The minimum absolute atomic E-state index is 0.249. The highest BCUT2D eigenvalue weighted by atomic mass is 16.4. The van der Waals surface area contributed by atoms with Crippen molar-refractivity contribution in [3.63, 3.8) is 0 Å². The van der Waals surface area contributed by atoms with E-state index in [1.807, 2.05) is 6.92 Å². The first-order valence-corrected chi connectivity index (χ1v) is 6.93. The summed E-state index contributed by atoms with van der Waals surface area (Å²) in [5.74, 6) is -1.78. The number of rotatable bonds is 7. The van der Waals surface area contributed by atoms with Crippen LogP contribution in [0.5, 0.6) is 0 Å². The molecule has 0 saturated heterocycles. The van der Waals surface area contributed by atoms with Crippen molar-refractivity contribution in [3.05, 3.63) is 0 Å². The van der Waals surface area contributed by atoms with Gasteiger partial charge in [0.25, 0.3) is 0 Å². The Bertz CT molecular complexity index is 361. The second kappa shape index (κ2) is 7.87. The van der Waals surface area contributed by atoms with E-state index in [0.717, 1.165) is 12.8 Å². The molecule has 0 fully saturated rings. The number of carbonyl (C=O) groups is 3. The normalized spacial score (nSPS) is 14.2. The Balaban J connectivity index is 4.50. The number of carboxylic acids is 1. The number of unbranched alkanes of at least 4 members (excludes halogenated alkanes) is 1. The molecule has 0 unspecified atom stereocenters. The molecule has 0 spiro atoms. The molecule has 2 amide bonds. The zero-order valence-electron chi connectivity index (χ0n) is 12.9. The van der Waals surface area contributed by atoms with Crippen LogP contribution in [0.4, 0.5) is 0 Å². The van der Waals surface area contributed by atoms with Gasteiger partial charge < -0.3 is 15.7 Å². The highest BCUT2D eigenvalue weighted by Crippen LogP contribution is 2.12. The topological polar surface area (TPSA) is 95.5 Å². The van der Waals surface area contributed by atoms with Gasteiger partial charge in [0.15, 0.2) is 0 Å². The standard InChI is InChI=1S/C14H26N2O4/c1-6-7-8-10(12(18)19)16-11(17)9(2)15-13(20)14(3,4)5/h9-10H,6-8H2,1-5H3,(H,15,20)(H,16,17)(H,18,19)/t9-,10-/m0/s1. The van der Waals surface area contributed by atoms with E-state index in [1.165, 1.54) is 6.92 Å². The number of hydrogen-bond donors (Lipinski definition) is 3. The van der Waals surface area contributed by atoms with Gasteiger partial charge in [-0.15, -0.1) is 0 Å². The Morgan fingerprint density at radius 3 is 2.10 bits per heavy atom. The van der Waals surface area contributed by atoms with Crippen LogP contribution in [-0.4, -0.2) is 35.0 Å². The SMILES string of the molecule is CCCC[C@H](NC(=O)[C@H](C)NC(=O)C(C)(C)C)C(=O)O. The minimum Gasteiger partial charge on any atom is -0.480 e. The van der Waals surface area contributed by atoms with Crippen molar-refractivity contribution in [2.24, 2.45) is 5.41 Å². The molecule has 0 aliphatic heterocycles. The van der Waals surface area contributed by atoms with Crippen molar-refractivity contribution in [3.8, 4) is 0 Å². The lowest BCUT2D eigenvalue weighted by molar-refractivity contribution is -0.142. The molecule has 20 heavy (non-hydrogen) atoms. The molecule has 3 N–H and O–H groups in total. The summed E-state index contributed by atoms with van der Waals surface area (Å²) in [6.45, 7) is 8.72. The molecule has 0 heterocycles. The average Bonchev–Trinajstić information content (AvgIpc) is 2.32. The van der Waals surface area contributed by atoms with E-state index < -0.39 is 29.4 Å². The third-order valence-corrected chi connectivity index (χ3v) is 2.88. The fraction of sp³-hybridized carbons (Fsp3) is 0.786. The largest absolute Gasteiger partial charge is 0.480 e. The van der Waals surface area contributed by atoms with Crippen LogP contribution < -0.4 is 10.6 Å². The molecular formula is C14H26N2O4. The van der Waals surface area contributed by atoms with Crippen LogP contribution >= 0.6 is 0 Å². The third kappa shape index (κ3) is 6.54. The molecule has 0 aromatic heterocycles. The molecule has 0 saturated carbocycles. The molecule has 0 aromatic carbocycles. The molecule has 2 atom stereocenters. The van der Waals surface area contributed by atoms with Gasteiger partial charge >= 0.3 is 5.97 Å². The van der Waals surface area contributed by atoms with Crippen LogP contribution in [0.2, 0.25) is 0 Å². The van der Waals surface area contributed by atoms with Crippen LogP contribution in [0.25, 0.3) is 0 Å². The minimum atomic E-state index is -1.05. The number of carboxylic acid groups (broad SMARTS) is 1. The van der Waals surface area contributed by atoms with E-state index >= 15 is 0 Å². The number of aliphatic carboxylic acids is 1. The fourth-order valence-electron chi connectivity index (χ4n) is 1.44. The molecule has 0 aromatic rings. The molecular weight excluding hydrogens is 260 g/mol. The van der Waals surface area contributed by atoms with Crippen LogP contribution in [0, 0.1) is 5.41 Å². The molecule has 0 bridgehead atoms. The number of nitrogens with one attached hydrogen (secondary N) is 2. The molecule has 0 aliphatic carbocycles. The van der Waals surface area contributed by atoms with Gasteiger partial charge in [-0.25, -0.2) is 4.79 Å². The highest BCUT2D eigenvalue weighted by Gasteiger charge is 2.27. The van der Waals surface area contributed by atoms with Gasteiger partial charge in [-0.1, -0.05) is 40.5 Å². The second-order valence-electron chi connectivity index (χ2n) is 5.99. The summed E-state index contributed by atoms with van der Waals surface area (Å²) in [6.07, 6.45) is 1.97. The molecule has 0 aliphatic rings. The van der Waals surface area contributed by atoms with Crippen molar-refractivity contribution < 1.29 is 19.5 Å². The molecule has 0 radical (unpaired) electrons. The van der Waals surface area contributed by atoms with E-state index in [0.29, 0.717) is 6.42 Å². The predicted molar refractivity (Wildman–Crippen MR) is 76.2 cm³/mol. The smallest absolute Gasteiger partial charge is 0.326 e. The van der Waals surface area contributed by atoms with Crippen molar-refractivity contribution in [1.29, 1.82) is 0 Å². The van der Waals surface area contributed by atoms with E-state index in [9.17, 15) is 14.4 Å². The monoisotopic (exact) mass is 286 g/mol. The first-order chi connectivity index (χ1) is 9.09. The van der Waals surface area contributed by atoms with Crippen LogP contribution in [0.3, 0.4) is 0 Å². The molecule has 0 rings (SSSR count). The van der Waals surface area contributed by atoms with Gasteiger partial charge in [0.05, 0.1) is 0 Å². The lowest BCUT2D eigenvalue weighted by atomic mass is 9.95. The predicted octanol–water partition coefficient (Wildman–Crippen LogP) is 1.30. The zero-order chi connectivity index (χ0) is 15.9. The summed E-state index contributed by atoms with van der Waals surface area (Å²) in [7, 11) is 0. The highest BCUT2D eigenvalue weighted by molar-refractivity contribution is 5.91. The summed E-state index contributed by atoms with van der Waals surface area (Å²) in [4.78, 5) is 34.7. The first-order valence-electron chi connectivity index (χ1n) is 6.93. The quantitative estimate of drug-likeness (QED) is 0.657. The second-order valence-corrected chi connectivity index (χ2v) is 5.99. The van der Waals surface area contributed by atoms with Crippen LogP contribution in [0.1, 0.15) is 53.9 Å². The number of carbonyl (C=O) groups excluding carboxylic acids is 2. The number of amides is 2. The van der Waals surface area contributed by atoms with Gasteiger partial charge in [0.1, 0.15) is 12.1 Å². The Morgan fingerprint density at radius 2 is 1.70 bits per heavy atom. The van der Waals surface area contributed by atoms with Crippen LogP contribution in [0.15, 0.2) is 0 Å². The Morgan fingerprint density at radius 1 is 1.15 bits per heavy atom. The van der Waals surface area contributed by atoms with Crippen molar-refractivity contribution in [2.75, 3.05) is 0 Å². The summed E-state index contributed by atoms with van der Waals surface area (Å²) < 4.78 is 0. The van der Waals surface area contributed by atoms with E-state index in [-0.39, 0.29) is 5.91 Å². The fourth-order valence-corrected chi connectivity index (χ4v) is 1.44. The van der Waals surface area contributed by atoms with Crippen LogP contribution in [-0.2, 0) is 14.4 Å². The Labute approximate surface area is 120 Å². The first kappa shape index (κ1) is 18.4. The molecule has 116 valence electrons. The summed E-state index contributed by atoms with van der Waals surface area (Å²) in [5.41, 5.74) is -0.594. The zero-order valence-corrected chi connectivity index (χ0v) is 12.9. The maximum atomic E-state index is 11.9. The Hall–Kier alpha value is -1.59. The molecule has 6 heteroatoms.